The Kier molecular flexibility index (Phi) is 9.53. The van der Waals surface area contributed by atoms with Gasteiger partial charge in [-0.25, -0.2) is 0 Å². The number of hydrogen-bond acceptors (Lipinski definition) is 7. The van der Waals surface area contributed by atoms with Gasteiger partial charge in [-0.15, -0.1) is 0 Å². The summed E-state index contributed by atoms with van der Waals surface area (Å²) in [5.74, 6) is 2.16. The third-order valence-corrected chi connectivity index (χ3v) is 6.33. The SMILES string of the molecule is COc1ccc(Oc2ccc(CCNC(O)Cc3ccc(O)c(NC=O)c3)cc2)cc1-c1ccc(CN)cc1. The third kappa shape index (κ3) is 7.58. The molecule has 4 aromatic rings. The Morgan fingerprint density at radius 1 is 0.897 bits per heavy atom. The van der Waals surface area contributed by atoms with Crippen LogP contribution < -0.4 is 25.8 Å². The summed E-state index contributed by atoms with van der Waals surface area (Å²) < 4.78 is 11.7. The van der Waals surface area contributed by atoms with Gasteiger partial charge in [0.1, 0.15) is 29.2 Å². The van der Waals surface area contributed by atoms with Crippen molar-refractivity contribution in [3.63, 3.8) is 0 Å². The topological polar surface area (TPSA) is 126 Å². The number of ether oxygens (including phenoxy) is 2. The van der Waals surface area contributed by atoms with Crippen LogP contribution in [0.15, 0.2) is 84.9 Å². The van der Waals surface area contributed by atoms with Crippen LogP contribution in [0.2, 0.25) is 0 Å². The number of phenolic OH excluding ortho intramolecular Hbond substituents is 1. The molecule has 0 aliphatic heterocycles. The van der Waals surface area contributed by atoms with Crippen molar-refractivity contribution in [2.45, 2.75) is 25.6 Å². The number of phenols is 1. The van der Waals surface area contributed by atoms with E-state index >= 15 is 0 Å². The number of aromatic hydroxyl groups is 1. The van der Waals surface area contributed by atoms with Gasteiger partial charge in [0, 0.05) is 25.1 Å². The molecule has 6 N–H and O–H groups in total. The predicted octanol–water partition coefficient (Wildman–Crippen LogP) is 4.58. The molecule has 0 fully saturated rings. The van der Waals surface area contributed by atoms with Crippen LogP contribution in [0.3, 0.4) is 0 Å². The molecule has 0 spiro atoms. The molecule has 0 bridgehead atoms. The number of amides is 1. The van der Waals surface area contributed by atoms with E-state index in [0.717, 1.165) is 40.0 Å². The number of hydrogen-bond donors (Lipinski definition) is 5. The molecule has 0 aromatic heterocycles. The Balaban J connectivity index is 1.31. The summed E-state index contributed by atoms with van der Waals surface area (Å²) in [6.07, 6.45) is 0.788. The zero-order chi connectivity index (χ0) is 27.6. The summed E-state index contributed by atoms with van der Waals surface area (Å²) in [4.78, 5) is 10.7. The Bertz CT molecular complexity index is 1370. The fourth-order valence-electron chi connectivity index (χ4n) is 4.22. The first kappa shape index (κ1) is 27.7. The van der Waals surface area contributed by atoms with Gasteiger partial charge in [0.25, 0.3) is 0 Å². The van der Waals surface area contributed by atoms with Crippen molar-refractivity contribution >= 4 is 12.1 Å². The van der Waals surface area contributed by atoms with Crippen LogP contribution in [0.25, 0.3) is 11.1 Å². The van der Waals surface area contributed by atoms with Crippen molar-refractivity contribution in [1.82, 2.24) is 5.32 Å². The molecule has 0 aliphatic rings. The van der Waals surface area contributed by atoms with Gasteiger partial charge in [-0.2, -0.15) is 0 Å². The Labute approximate surface area is 228 Å². The first-order chi connectivity index (χ1) is 19.0. The van der Waals surface area contributed by atoms with Crippen LogP contribution in [0.5, 0.6) is 23.0 Å². The second kappa shape index (κ2) is 13.4. The Morgan fingerprint density at radius 2 is 1.59 bits per heavy atom. The molecule has 39 heavy (non-hydrogen) atoms. The van der Waals surface area contributed by atoms with E-state index in [-0.39, 0.29) is 5.75 Å². The highest BCUT2D eigenvalue weighted by Gasteiger charge is 2.10. The van der Waals surface area contributed by atoms with Gasteiger partial charge in [0.05, 0.1) is 12.8 Å². The minimum absolute atomic E-state index is 0.0224. The zero-order valence-corrected chi connectivity index (χ0v) is 21.8. The van der Waals surface area contributed by atoms with Gasteiger partial charge in [0.2, 0.25) is 6.41 Å². The number of carbonyl (C=O) groups excluding carboxylic acids is 1. The largest absolute Gasteiger partial charge is 0.506 e. The van der Waals surface area contributed by atoms with E-state index in [0.29, 0.717) is 43.1 Å². The second-order valence-electron chi connectivity index (χ2n) is 9.05. The molecule has 8 heteroatoms. The van der Waals surface area contributed by atoms with E-state index in [2.05, 4.69) is 10.6 Å². The number of methoxy groups -OCH3 is 1. The maximum Gasteiger partial charge on any atom is 0.211 e. The lowest BCUT2D eigenvalue weighted by Gasteiger charge is -2.14. The fourth-order valence-corrected chi connectivity index (χ4v) is 4.22. The molecule has 4 rings (SSSR count). The number of aliphatic hydroxyl groups excluding tert-OH is 1. The lowest BCUT2D eigenvalue weighted by molar-refractivity contribution is -0.105. The minimum atomic E-state index is -0.767. The highest BCUT2D eigenvalue weighted by atomic mass is 16.5. The molecule has 0 saturated carbocycles. The molecule has 0 aliphatic carbocycles. The van der Waals surface area contributed by atoms with Gasteiger partial charge < -0.3 is 30.7 Å². The second-order valence-corrected chi connectivity index (χ2v) is 9.05. The van der Waals surface area contributed by atoms with E-state index in [1.165, 1.54) is 6.07 Å². The Hall–Kier alpha value is -4.37. The van der Waals surface area contributed by atoms with Crippen molar-refractivity contribution in [2.24, 2.45) is 5.73 Å². The zero-order valence-electron chi connectivity index (χ0n) is 21.8. The molecule has 1 atom stereocenters. The number of anilines is 1. The fraction of sp³-hybridized carbons (Fsp3) is 0.194. The molecule has 0 radical (unpaired) electrons. The van der Waals surface area contributed by atoms with E-state index in [1.54, 1.807) is 19.2 Å². The molecule has 4 aromatic carbocycles. The lowest BCUT2D eigenvalue weighted by atomic mass is 10.0. The van der Waals surface area contributed by atoms with Crippen molar-refractivity contribution in [3.8, 4) is 34.1 Å². The van der Waals surface area contributed by atoms with Gasteiger partial charge in [-0.3, -0.25) is 10.1 Å². The van der Waals surface area contributed by atoms with Crippen molar-refractivity contribution in [3.05, 3.63) is 102 Å². The quantitative estimate of drug-likeness (QED) is 0.0979. The molecule has 0 saturated heterocycles. The van der Waals surface area contributed by atoms with Crippen molar-refractivity contribution in [1.29, 1.82) is 0 Å². The van der Waals surface area contributed by atoms with Gasteiger partial charge in [0.15, 0.2) is 0 Å². The van der Waals surface area contributed by atoms with Crippen LogP contribution in [-0.4, -0.2) is 36.5 Å². The molecule has 1 unspecified atom stereocenters. The van der Waals surface area contributed by atoms with Crippen molar-refractivity contribution < 1.29 is 24.5 Å². The van der Waals surface area contributed by atoms with Crippen LogP contribution in [-0.2, 0) is 24.2 Å². The van der Waals surface area contributed by atoms with Crippen LogP contribution in [0, 0.1) is 0 Å². The number of carbonyl (C=O) groups is 1. The minimum Gasteiger partial charge on any atom is -0.506 e. The van der Waals surface area contributed by atoms with E-state index < -0.39 is 6.23 Å². The number of aliphatic hydroxyl groups is 1. The number of nitrogens with one attached hydrogen (secondary N) is 2. The molecular formula is C31H33N3O5. The maximum atomic E-state index is 10.7. The number of rotatable bonds is 13. The molecule has 1 amide bonds. The average Bonchev–Trinajstić information content (AvgIpc) is 2.96. The average molecular weight is 528 g/mol. The standard InChI is InChI=1S/C31H33N3O5/c1-38-30-13-11-26(18-27(30)24-7-2-22(19-32)3-8-24)39-25-9-4-21(5-10-25)14-15-33-31(37)17-23-6-12-29(36)28(16-23)34-20-35/h2-13,16,18,20,31,33,36-37H,14-15,17,19,32H2,1H3,(H,34,35). The van der Waals surface area contributed by atoms with E-state index in [9.17, 15) is 15.0 Å². The van der Waals surface area contributed by atoms with E-state index in [1.807, 2.05) is 66.7 Å². The van der Waals surface area contributed by atoms with Crippen LogP contribution >= 0.6 is 0 Å². The lowest BCUT2D eigenvalue weighted by Crippen LogP contribution is -2.32. The highest BCUT2D eigenvalue weighted by Crippen LogP contribution is 2.35. The van der Waals surface area contributed by atoms with Gasteiger partial charge >= 0.3 is 0 Å². The molecule has 0 heterocycles. The first-order valence-electron chi connectivity index (χ1n) is 12.7. The maximum absolute atomic E-state index is 10.7. The number of benzene rings is 4. The summed E-state index contributed by atoms with van der Waals surface area (Å²) in [7, 11) is 1.65. The predicted molar refractivity (Wildman–Crippen MR) is 152 cm³/mol. The van der Waals surface area contributed by atoms with Gasteiger partial charge in [-0.1, -0.05) is 42.5 Å². The normalized spacial score (nSPS) is 11.6. The summed E-state index contributed by atoms with van der Waals surface area (Å²) in [6.45, 7) is 1.07. The molecule has 8 nitrogen and oxygen atoms in total. The summed E-state index contributed by atoms with van der Waals surface area (Å²) >= 11 is 0. The van der Waals surface area contributed by atoms with E-state index in [4.69, 9.17) is 15.2 Å². The summed E-state index contributed by atoms with van der Waals surface area (Å²) in [5, 5.41) is 25.6. The molecular weight excluding hydrogens is 494 g/mol. The smallest absolute Gasteiger partial charge is 0.211 e. The Morgan fingerprint density at radius 3 is 2.28 bits per heavy atom. The number of nitrogens with two attached hydrogens (primary N) is 1. The summed E-state index contributed by atoms with van der Waals surface area (Å²) in [5.41, 5.74) is 10.9. The monoisotopic (exact) mass is 527 g/mol. The molecule has 202 valence electrons. The van der Waals surface area contributed by atoms with Gasteiger partial charge in [-0.05, 0) is 71.1 Å². The first-order valence-corrected chi connectivity index (χ1v) is 12.7. The van der Waals surface area contributed by atoms with Crippen LogP contribution in [0.4, 0.5) is 5.69 Å². The third-order valence-electron chi connectivity index (χ3n) is 6.33. The highest BCUT2D eigenvalue weighted by molar-refractivity contribution is 5.75. The summed E-state index contributed by atoms with van der Waals surface area (Å²) in [6, 6.07) is 26.5. The van der Waals surface area contributed by atoms with Crippen LogP contribution in [0.1, 0.15) is 16.7 Å². The van der Waals surface area contributed by atoms with Crippen molar-refractivity contribution in [2.75, 3.05) is 19.0 Å².